The van der Waals surface area contributed by atoms with Crippen LogP contribution in [0, 0.1) is 0 Å². The Morgan fingerprint density at radius 2 is 1.23 bits per heavy atom. The number of hydrogen-bond acceptors (Lipinski definition) is 4. The van der Waals surface area contributed by atoms with Crippen LogP contribution in [0.15, 0.2) is 0 Å². The van der Waals surface area contributed by atoms with E-state index in [1.54, 1.807) is 0 Å². The lowest BCUT2D eigenvalue weighted by atomic mass is 10.3. The third-order valence-electron chi connectivity index (χ3n) is 4.09. The van der Waals surface area contributed by atoms with Crippen molar-refractivity contribution in [3.63, 3.8) is 0 Å². The van der Waals surface area contributed by atoms with Crippen molar-refractivity contribution in [2.75, 3.05) is 59.0 Å². The monoisotopic (exact) mass is 314 g/mol. The molecule has 4 heteroatoms. The molecule has 0 atom stereocenters. The zero-order chi connectivity index (χ0) is 16.8. The van der Waals surface area contributed by atoms with Crippen molar-refractivity contribution in [3.05, 3.63) is 0 Å². The van der Waals surface area contributed by atoms with Gasteiger partial charge in [0.2, 0.25) is 0 Å². The summed E-state index contributed by atoms with van der Waals surface area (Å²) in [6.07, 6.45) is 2.48. The fraction of sp³-hybridized carbons (Fsp3) is 1.00. The molecule has 0 saturated heterocycles. The van der Waals surface area contributed by atoms with Gasteiger partial charge in [-0.3, -0.25) is 9.80 Å². The molecule has 0 aromatic rings. The van der Waals surface area contributed by atoms with Crippen molar-refractivity contribution >= 4 is 0 Å². The van der Waals surface area contributed by atoms with E-state index in [-0.39, 0.29) is 0 Å². The van der Waals surface area contributed by atoms with Gasteiger partial charge in [-0.15, -0.1) is 0 Å². The van der Waals surface area contributed by atoms with Gasteiger partial charge in [0.05, 0.1) is 6.67 Å². The van der Waals surface area contributed by atoms with Crippen LogP contribution < -0.4 is 5.32 Å². The molecule has 0 spiro atoms. The van der Waals surface area contributed by atoms with Crippen molar-refractivity contribution < 1.29 is 0 Å². The molecule has 1 N–H and O–H groups in total. The van der Waals surface area contributed by atoms with Gasteiger partial charge < -0.3 is 10.2 Å². The molecule has 134 valence electrons. The molecule has 4 nitrogen and oxygen atoms in total. The van der Waals surface area contributed by atoms with E-state index in [0.717, 1.165) is 32.8 Å². The lowest BCUT2D eigenvalue weighted by molar-refractivity contribution is 0.123. The zero-order valence-electron chi connectivity index (χ0n) is 16.2. The van der Waals surface area contributed by atoms with Gasteiger partial charge in [-0.2, -0.15) is 0 Å². The van der Waals surface area contributed by atoms with Gasteiger partial charge in [0.15, 0.2) is 0 Å². The van der Waals surface area contributed by atoms with Gasteiger partial charge in [0.1, 0.15) is 0 Å². The summed E-state index contributed by atoms with van der Waals surface area (Å²) < 4.78 is 0. The molecule has 0 bridgehead atoms. The summed E-state index contributed by atoms with van der Waals surface area (Å²) in [5.41, 5.74) is 0. The predicted octanol–water partition coefficient (Wildman–Crippen LogP) is 2.71. The van der Waals surface area contributed by atoms with Crippen molar-refractivity contribution in [2.45, 2.75) is 60.4 Å². The fourth-order valence-corrected chi connectivity index (χ4v) is 2.72. The van der Waals surface area contributed by atoms with Crippen LogP contribution in [-0.4, -0.2) is 79.8 Å². The number of nitrogens with zero attached hydrogens (tertiary/aromatic N) is 3. The fourth-order valence-electron chi connectivity index (χ4n) is 2.72. The Hall–Kier alpha value is -0.160. The molecule has 0 aromatic heterocycles. The average molecular weight is 315 g/mol. The third kappa shape index (κ3) is 11.4. The van der Waals surface area contributed by atoms with E-state index in [0.29, 0.717) is 6.04 Å². The van der Waals surface area contributed by atoms with Crippen molar-refractivity contribution in [3.8, 4) is 0 Å². The van der Waals surface area contributed by atoms with Gasteiger partial charge in [0.25, 0.3) is 0 Å². The van der Waals surface area contributed by atoms with Gasteiger partial charge in [0, 0.05) is 32.2 Å². The summed E-state index contributed by atoms with van der Waals surface area (Å²) >= 11 is 0. The SMILES string of the molecule is CCCN(CCNC(C)C)CCN(CCC)CN(CC)CC. The Labute approximate surface area is 140 Å². The lowest BCUT2D eigenvalue weighted by Crippen LogP contribution is -2.44. The van der Waals surface area contributed by atoms with E-state index in [1.807, 2.05) is 0 Å². The highest BCUT2D eigenvalue weighted by molar-refractivity contribution is 4.66. The second-order valence-electron chi connectivity index (χ2n) is 6.51. The Kier molecular flexibility index (Phi) is 14.3. The number of nitrogens with one attached hydrogen (secondary N) is 1. The molecule has 0 saturated carbocycles. The summed E-state index contributed by atoms with van der Waals surface area (Å²) in [6.45, 7) is 24.0. The number of rotatable bonds is 15. The molecule has 0 fully saturated rings. The van der Waals surface area contributed by atoms with E-state index in [9.17, 15) is 0 Å². The van der Waals surface area contributed by atoms with Crippen LogP contribution in [0.1, 0.15) is 54.4 Å². The molecular weight excluding hydrogens is 272 g/mol. The van der Waals surface area contributed by atoms with Crippen LogP contribution in [0.2, 0.25) is 0 Å². The smallest absolute Gasteiger partial charge is 0.0506 e. The topological polar surface area (TPSA) is 21.8 Å². The molecule has 0 rings (SSSR count). The maximum Gasteiger partial charge on any atom is 0.0506 e. The van der Waals surface area contributed by atoms with Gasteiger partial charge in [-0.25, -0.2) is 0 Å². The molecule has 0 aromatic carbocycles. The van der Waals surface area contributed by atoms with Gasteiger partial charge in [-0.05, 0) is 39.0 Å². The second-order valence-corrected chi connectivity index (χ2v) is 6.51. The quantitative estimate of drug-likeness (QED) is 0.469. The van der Waals surface area contributed by atoms with Crippen LogP contribution in [0.4, 0.5) is 0 Å². The van der Waals surface area contributed by atoms with Crippen LogP contribution in [0.25, 0.3) is 0 Å². The largest absolute Gasteiger partial charge is 0.313 e. The van der Waals surface area contributed by atoms with Crippen LogP contribution >= 0.6 is 0 Å². The molecule has 0 aliphatic rings. The first-order valence-corrected chi connectivity index (χ1v) is 9.47. The Morgan fingerprint density at radius 3 is 1.73 bits per heavy atom. The standard InChI is InChI=1S/C18H42N4/c1-7-12-21(14-11-19-18(5)6)15-16-22(13-8-2)17-20(9-3)10-4/h18-19H,7-17H2,1-6H3. The average Bonchev–Trinajstić information content (AvgIpc) is 2.49. The van der Waals surface area contributed by atoms with E-state index < -0.39 is 0 Å². The van der Waals surface area contributed by atoms with Gasteiger partial charge in [-0.1, -0.05) is 41.5 Å². The molecule has 22 heavy (non-hydrogen) atoms. The predicted molar refractivity (Wildman–Crippen MR) is 99.5 cm³/mol. The van der Waals surface area contributed by atoms with E-state index >= 15 is 0 Å². The highest BCUT2D eigenvalue weighted by Crippen LogP contribution is 1.99. The third-order valence-corrected chi connectivity index (χ3v) is 4.09. The molecule has 0 aliphatic carbocycles. The highest BCUT2D eigenvalue weighted by Gasteiger charge is 2.11. The first-order chi connectivity index (χ1) is 10.6. The van der Waals surface area contributed by atoms with Crippen LogP contribution in [-0.2, 0) is 0 Å². The van der Waals surface area contributed by atoms with Crippen molar-refractivity contribution in [2.24, 2.45) is 0 Å². The summed E-state index contributed by atoms with van der Waals surface area (Å²) in [5, 5.41) is 3.53. The van der Waals surface area contributed by atoms with Crippen LogP contribution in [0.5, 0.6) is 0 Å². The maximum absolute atomic E-state index is 3.53. The normalized spacial score (nSPS) is 12.3. The van der Waals surface area contributed by atoms with E-state index in [1.165, 1.54) is 39.0 Å². The Bertz CT molecular complexity index is 229. The minimum absolute atomic E-state index is 0.586. The first-order valence-electron chi connectivity index (χ1n) is 9.47. The maximum atomic E-state index is 3.53. The van der Waals surface area contributed by atoms with Crippen molar-refractivity contribution in [1.82, 2.24) is 20.0 Å². The summed E-state index contributed by atoms with van der Waals surface area (Å²) in [4.78, 5) is 7.74. The van der Waals surface area contributed by atoms with Crippen LogP contribution in [0.3, 0.4) is 0 Å². The van der Waals surface area contributed by atoms with E-state index in [4.69, 9.17) is 0 Å². The Balaban J connectivity index is 4.23. The number of hydrogen-bond donors (Lipinski definition) is 1. The molecule has 0 radical (unpaired) electrons. The minimum atomic E-state index is 0.586. The minimum Gasteiger partial charge on any atom is -0.313 e. The highest BCUT2D eigenvalue weighted by atomic mass is 15.3. The molecular formula is C18H42N4. The van der Waals surface area contributed by atoms with E-state index in [2.05, 4.69) is 61.6 Å². The molecule has 0 heterocycles. The molecule has 0 aliphatic heterocycles. The zero-order valence-corrected chi connectivity index (χ0v) is 16.2. The first kappa shape index (κ1) is 21.8. The van der Waals surface area contributed by atoms with Crippen molar-refractivity contribution in [1.29, 1.82) is 0 Å². The summed E-state index contributed by atoms with van der Waals surface area (Å²) in [5.74, 6) is 0. The summed E-state index contributed by atoms with van der Waals surface area (Å²) in [7, 11) is 0. The Morgan fingerprint density at radius 1 is 0.682 bits per heavy atom. The van der Waals surface area contributed by atoms with Gasteiger partial charge >= 0.3 is 0 Å². The molecule has 0 unspecified atom stereocenters. The molecule has 0 amide bonds. The lowest BCUT2D eigenvalue weighted by Gasteiger charge is -2.31. The summed E-state index contributed by atoms with van der Waals surface area (Å²) in [6, 6.07) is 0.586. The second kappa shape index (κ2) is 14.4.